The van der Waals surface area contributed by atoms with E-state index < -0.39 is 5.54 Å². The molecule has 0 unspecified atom stereocenters. The second-order valence-electron chi connectivity index (χ2n) is 12.4. The van der Waals surface area contributed by atoms with E-state index in [9.17, 15) is 14.0 Å². The average Bonchev–Trinajstić information content (AvgIpc) is 3.76. The molecule has 0 atom stereocenters. The first-order valence-corrected chi connectivity index (χ1v) is 16.0. The Morgan fingerprint density at radius 2 is 1.70 bits per heavy atom. The number of ether oxygens (including phenoxy) is 1. The predicted molar refractivity (Wildman–Crippen MR) is 175 cm³/mol. The Kier molecular flexibility index (Phi) is 7.80. The van der Waals surface area contributed by atoms with Crippen molar-refractivity contribution in [1.29, 1.82) is 0 Å². The van der Waals surface area contributed by atoms with E-state index in [2.05, 4.69) is 15.6 Å². The van der Waals surface area contributed by atoms with Gasteiger partial charge in [-0.1, -0.05) is 18.6 Å². The van der Waals surface area contributed by atoms with Crippen LogP contribution in [0.5, 0.6) is 5.75 Å². The molecule has 46 heavy (non-hydrogen) atoms. The molecule has 0 spiro atoms. The van der Waals surface area contributed by atoms with Gasteiger partial charge in [-0.2, -0.15) is 0 Å². The Hall–Kier alpha value is -4.98. The first-order valence-electron chi connectivity index (χ1n) is 16.0. The summed E-state index contributed by atoms with van der Waals surface area (Å²) >= 11 is 0. The summed E-state index contributed by atoms with van der Waals surface area (Å²) in [7, 11) is 1.57. The molecule has 8 heteroatoms. The van der Waals surface area contributed by atoms with Crippen LogP contribution in [0, 0.1) is 12.7 Å². The fraction of sp³-hybridized carbons (Fsp3) is 0.289. The molecule has 2 amide bonds. The summed E-state index contributed by atoms with van der Waals surface area (Å²) in [5.41, 5.74) is 4.94. The average molecular weight is 618 g/mol. The minimum absolute atomic E-state index is 0.0681. The minimum atomic E-state index is -0.486. The number of carbonyl (C=O) groups excluding carboxylic acids is 2. The number of nitrogens with one attached hydrogen (secondary N) is 2. The molecule has 5 aromatic rings. The number of fused-ring (bicyclic) bond motifs is 1. The summed E-state index contributed by atoms with van der Waals surface area (Å²) in [6, 6.07) is 21.2. The zero-order valence-corrected chi connectivity index (χ0v) is 26.0. The van der Waals surface area contributed by atoms with Crippen LogP contribution in [0.15, 0.2) is 83.4 Å². The molecular formula is C38H36FN3O4. The third kappa shape index (κ3) is 5.64. The maximum Gasteiger partial charge on any atom is 0.255 e. The van der Waals surface area contributed by atoms with Crippen LogP contribution in [0.1, 0.15) is 76.9 Å². The number of furan rings is 1. The molecule has 234 valence electrons. The number of aromatic nitrogens is 1. The van der Waals surface area contributed by atoms with Crippen molar-refractivity contribution in [2.45, 2.75) is 63.5 Å². The van der Waals surface area contributed by atoms with Crippen molar-refractivity contribution in [3.63, 3.8) is 0 Å². The maximum atomic E-state index is 14.1. The van der Waals surface area contributed by atoms with Crippen molar-refractivity contribution in [3.05, 3.63) is 107 Å². The van der Waals surface area contributed by atoms with Gasteiger partial charge in [-0.05, 0) is 123 Å². The van der Waals surface area contributed by atoms with Crippen molar-refractivity contribution in [1.82, 2.24) is 15.6 Å². The van der Waals surface area contributed by atoms with E-state index in [1.54, 1.807) is 25.4 Å². The van der Waals surface area contributed by atoms with E-state index in [1.165, 1.54) is 18.6 Å². The third-order valence-corrected chi connectivity index (χ3v) is 9.23. The van der Waals surface area contributed by atoms with E-state index in [0.29, 0.717) is 39.2 Å². The van der Waals surface area contributed by atoms with Crippen LogP contribution >= 0.6 is 0 Å². The molecule has 7 rings (SSSR count). The van der Waals surface area contributed by atoms with Gasteiger partial charge in [0.15, 0.2) is 0 Å². The molecular weight excluding hydrogens is 581 g/mol. The molecule has 2 heterocycles. The molecule has 0 saturated heterocycles. The first-order chi connectivity index (χ1) is 22.3. The number of benzene rings is 3. The Balaban J connectivity index is 1.31. The van der Waals surface area contributed by atoms with Gasteiger partial charge >= 0.3 is 0 Å². The minimum Gasteiger partial charge on any atom is -0.490 e. The normalized spacial score (nSPS) is 15.8. The lowest BCUT2D eigenvalue weighted by Crippen LogP contribution is -2.36. The van der Waals surface area contributed by atoms with Gasteiger partial charge in [0.05, 0.1) is 28.5 Å². The van der Waals surface area contributed by atoms with Crippen LogP contribution in [0.3, 0.4) is 0 Å². The second-order valence-corrected chi connectivity index (χ2v) is 12.4. The van der Waals surface area contributed by atoms with Gasteiger partial charge in [0.2, 0.25) is 0 Å². The van der Waals surface area contributed by atoms with Crippen LogP contribution in [0.4, 0.5) is 4.39 Å². The number of hydrogen-bond donors (Lipinski definition) is 2. The molecule has 0 radical (unpaired) electrons. The molecule has 2 aliphatic rings. The number of rotatable bonds is 8. The van der Waals surface area contributed by atoms with Crippen LogP contribution in [0.25, 0.3) is 33.4 Å². The summed E-state index contributed by atoms with van der Waals surface area (Å²) in [6.45, 7) is 2.00. The molecule has 2 fully saturated rings. The lowest BCUT2D eigenvalue weighted by molar-refractivity contribution is 0.0916. The van der Waals surface area contributed by atoms with E-state index in [-0.39, 0.29) is 23.7 Å². The molecule has 2 aromatic heterocycles. The van der Waals surface area contributed by atoms with E-state index in [0.717, 1.165) is 60.9 Å². The predicted octanol–water partition coefficient (Wildman–Crippen LogP) is 8.10. The zero-order chi connectivity index (χ0) is 31.8. The highest BCUT2D eigenvalue weighted by molar-refractivity contribution is 6.12. The summed E-state index contributed by atoms with van der Waals surface area (Å²) in [5, 5.41) is 6.62. The van der Waals surface area contributed by atoms with Crippen molar-refractivity contribution in [2.24, 2.45) is 0 Å². The standard InChI is InChI=1S/C38H36FN3O4/c1-23-20-32(45-27-8-4-3-5-9-27)30(36(43)42-38(17-18-38)33-10-6-7-19-41-33)22-28(23)25-13-16-31-29(21-25)34(37(44)40-2)35(46-31)24-11-14-26(39)15-12-24/h6-7,10-16,19-22,27H,3-5,8-9,17-18H2,1-2H3,(H,40,44)(H,42,43). The fourth-order valence-corrected chi connectivity index (χ4v) is 6.55. The molecule has 2 aliphatic carbocycles. The molecule has 0 aliphatic heterocycles. The summed E-state index contributed by atoms with van der Waals surface area (Å²) in [6.07, 6.45) is 8.84. The molecule has 2 N–H and O–H groups in total. The quantitative estimate of drug-likeness (QED) is 0.184. The van der Waals surface area contributed by atoms with Crippen LogP contribution in [0.2, 0.25) is 0 Å². The second kappa shape index (κ2) is 12.1. The summed E-state index contributed by atoms with van der Waals surface area (Å²) < 4.78 is 26.4. The molecule has 2 saturated carbocycles. The van der Waals surface area contributed by atoms with Crippen molar-refractivity contribution in [2.75, 3.05) is 7.05 Å². The highest BCUT2D eigenvalue weighted by atomic mass is 19.1. The van der Waals surface area contributed by atoms with E-state index in [4.69, 9.17) is 9.15 Å². The fourth-order valence-electron chi connectivity index (χ4n) is 6.55. The third-order valence-electron chi connectivity index (χ3n) is 9.23. The summed E-state index contributed by atoms with van der Waals surface area (Å²) in [4.78, 5) is 31.8. The lowest BCUT2D eigenvalue weighted by atomic mass is 9.94. The van der Waals surface area contributed by atoms with Crippen LogP contribution in [-0.2, 0) is 5.54 Å². The molecule has 0 bridgehead atoms. The topological polar surface area (TPSA) is 93.5 Å². The number of carbonyl (C=O) groups is 2. The van der Waals surface area contributed by atoms with Crippen molar-refractivity contribution < 1.29 is 23.1 Å². The van der Waals surface area contributed by atoms with Crippen molar-refractivity contribution >= 4 is 22.8 Å². The number of aryl methyl sites for hydroxylation is 1. The number of pyridine rings is 1. The van der Waals surface area contributed by atoms with Crippen LogP contribution in [-0.4, -0.2) is 29.9 Å². The van der Waals surface area contributed by atoms with Gasteiger partial charge in [-0.3, -0.25) is 14.6 Å². The smallest absolute Gasteiger partial charge is 0.255 e. The van der Waals surface area contributed by atoms with Gasteiger partial charge in [0.25, 0.3) is 11.8 Å². The Morgan fingerprint density at radius 1 is 0.935 bits per heavy atom. The maximum absolute atomic E-state index is 14.1. The number of amides is 2. The highest BCUT2D eigenvalue weighted by Gasteiger charge is 2.47. The first kappa shape index (κ1) is 29.7. The monoisotopic (exact) mass is 617 g/mol. The van der Waals surface area contributed by atoms with E-state index in [1.807, 2.05) is 55.5 Å². The number of hydrogen-bond acceptors (Lipinski definition) is 5. The summed E-state index contributed by atoms with van der Waals surface area (Å²) in [5.74, 6) is 0.0551. The van der Waals surface area contributed by atoms with Gasteiger partial charge in [0.1, 0.15) is 22.9 Å². The Morgan fingerprint density at radius 3 is 2.39 bits per heavy atom. The largest absolute Gasteiger partial charge is 0.490 e. The highest BCUT2D eigenvalue weighted by Crippen LogP contribution is 2.45. The van der Waals surface area contributed by atoms with Gasteiger partial charge < -0.3 is 19.8 Å². The molecule has 3 aromatic carbocycles. The number of halogens is 1. The van der Waals surface area contributed by atoms with Gasteiger partial charge in [-0.15, -0.1) is 0 Å². The van der Waals surface area contributed by atoms with E-state index >= 15 is 0 Å². The zero-order valence-electron chi connectivity index (χ0n) is 26.0. The number of nitrogens with zero attached hydrogens (tertiary/aromatic N) is 1. The lowest BCUT2D eigenvalue weighted by Gasteiger charge is -2.26. The van der Waals surface area contributed by atoms with Gasteiger partial charge in [-0.25, -0.2) is 4.39 Å². The molecule has 7 nitrogen and oxygen atoms in total. The van der Waals surface area contributed by atoms with Crippen molar-refractivity contribution in [3.8, 4) is 28.2 Å². The van der Waals surface area contributed by atoms with Gasteiger partial charge in [0, 0.05) is 24.2 Å². The van der Waals surface area contributed by atoms with Crippen LogP contribution < -0.4 is 15.4 Å². The SMILES string of the molecule is CNC(=O)c1c(-c2ccc(F)cc2)oc2ccc(-c3cc(C(=O)NC4(c5ccccn5)CC4)c(OC4CCCCC4)cc3C)cc12. The Labute approximate surface area is 267 Å². The Bertz CT molecular complexity index is 1920.